The van der Waals surface area contributed by atoms with E-state index >= 15 is 0 Å². The van der Waals surface area contributed by atoms with Gasteiger partial charge in [-0.05, 0) is 19.1 Å². The number of thiocarbonyl (C=S) groups is 1. The molecule has 2 heterocycles. The Morgan fingerprint density at radius 1 is 1.47 bits per heavy atom. The highest BCUT2D eigenvalue weighted by molar-refractivity contribution is 7.80. The van der Waals surface area contributed by atoms with E-state index in [1.807, 2.05) is 19.1 Å². The number of aryl methyl sites for hydroxylation is 1. The SMILES string of the molecule is Cc1ccc(C(N)=S)c(NN2CCOCC2)n1. The lowest BCUT2D eigenvalue weighted by Crippen LogP contribution is -2.41. The summed E-state index contributed by atoms with van der Waals surface area (Å²) >= 11 is 5.02. The molecule has 17 heavy (non-hydrogen) atoms. The van der Waals surface area contributed by atoms with Gasteiger partial charge in [0.05, 0.1) is 18.8 Å². The van der Waals surface area contributed by atoms with Crippen LogP contribution in [-0.4, -0.2) is 41.3 Å². The Morgan fingerprint density at radius 3 is 2.82 bits per heavy atom. The maximum absolute atomic E-state index is 5.68. The Kier molecular flexibility index (Phi) is 3.88. The van der Waals surface area contributed by atoms with Gasteiger partial charge in [-0.3, -0.25) is 0 Å². The molecule has 1 aromatic rings. The number of nitrogens with one attached hydrogen (secondary N) is 1. The normalized spacial score (nSPS) is 16.8. The van der Waals surface area contributed by atoms with Crippen molar-refractivity contribution in [1.82, 2.24) is 9.99 Å². The van der Waals surface area contributed by atoms with Crippen LogP contribution in [0, 0.1) is 6.92 Å². The first-order valence-corrected chi connectivity index (χ1v) is 5.94. The Bertz CT molecular complexity index is 418. The average Bonchev–Trinajstić information content (AvgIpc) is 2.30. The molecule has 0 aliphatic carbocycles. The lowest BCUT2D eigenvalue weighted by atomic mass is 10.2. The summed E-state index contributed by atoms with van der Waals surface area (Å²) in [6, 6.07) is 3.80. The monoisotopic (exact) mass is 252 g/mol. The number of hydrogen-bond donors (Lipinski definition) is 2. The molecule has 0 radical (unpaired) electrons. The van der Waals surface area contributed by atoms with Gasteiger partial charge in [0.15, 0.2) is 5.82 Å². The molecule has 1 aliphatic heterocycles. The van der Waals surface area contributed by atoms with Crippen LogP contribution >= 0.6 is 12.2 Å². The van der Waals surface area contributed by atoms with Crippen LogP contribution in [0.2, 0.25) is 0 Å². The van der Waals surface area contributed by atoms with Crippen LogP contribution in [0.5, 0.6) is 0 Å². The van der Waals surface area contributed by atoms with Crippen molar-refractivity contribution in [2.24, 2.45) is 5.73 Å². The van der Waals surface area contributed by atoms with Gasteiger partial charge in [-0.1, -0.05) is 12.2 Å². The van der Waals surface area contributed by atoms with Crippen LogP contribution in [0.3, 0.4) is 0 Å². The fourth-order valence-electron chi connectivity index (χ4n) is 1.67. The molecule has 1 aliphatic rings. The van der Waals surface area contributed by atoms with E-state index in [9.17, 15) is 0 Å². The van der Waals surface area contributed by atoms with Crippen molar-refractivity contribution in [3.8, 4) is 0 Å². The Morgan fingerprint density at radius 2 is 2.18 bits per heavy atom. The standard InChI is InChI=1S/C11H16N4OS/c1-8-2-3-9(10(12)17)11(13-8)14-15-4-6-16-7-5-15/h2-3H,4-7H2,1H3,(H2,12,17)(H,13,14). The van der Waals surface area contributed by atoms with Gasteiger partial charge in [-0.25, -0.2) is 9.99 Å². The molecular formula is C11H16N4OS. The zero-order chi connectivity index (χ0) is 12.3. The van der Waals surface area contributed by atoms with Gasteiger partial charge < -0.3 is 15.9 Å². The van der Waals surface area contributed by atoms with E-state index in [0.29, 0.717) is 4.99 Å². The van der Waals surface area contributed by atoms with E-state index in [1.54, 1.807) is 0 Å². The first-order valence-electron chi connectivity index (χ1n) is 5.53. The molecule has 3 N–H and O–H groups in total. The molecule has 0 aromatic carbocycles. The van der Waals surface area contributed by atoms with Gasteiger partial charge in [0.25, 0.3) is 0 Å². The van der Waals surface area contributed by atoms with Crippen molar-refractivity contribution >= 4 is 23.0 Å². The van der Waals surface area contributed by atoms with Crippen LogP contribution in [-0.2, 0) is 4.74 Å². The predicted octanol–water partition coefficient (Wildman–Crippen LogP) is 0.683. The number of ether oxygens (including phenoxy) is 1. The summed E-state index contributed by atoms with van der Waals surface area (Å²) in [5.41, 5.74) is 10.6. The lowest BCUT2D eigenvalue weighted by molar-refractivity contribution is 0.0495. The van der Waals surface area contributed by atoms with E-state index in [1.165, 1.54) is 0 Å². The average molecular weight is 252 g/mol. The number of nitrogens with zero attached hydrogens (tertiary/aromatic N) is 2. The largest absolute Gasteiger partial charge is 0.389 e. The van der Waals surface area contributed by atoms with Crippen LogP contribution in [0.25, 0.3) is 0 Å². The molecule has 1 saturated heterocycles. The van der Waals surface area contributed by atoms with E-state index in [2.05, 4.69) is 15.4 Å². The summed E-state index contributed by atoms with van der Waals surface area (Å²) < 4.78 is 5.29. The van der Waals surface area contributed by atoms with Crippen LogP contribution in [0.1, 0.15) is 11.3 Å². The van der Waals surface area contributed by atoms with Gasteiger partial charge in [-0.15, -0.1) is 0 Å². The minimum Gasteiger partial charge on any atom is -0.389 e. The van der Waals surface area contributed by atoms with E-state index < -0.39 is 0 Å². The molecule has 2 rings (SSSR count). The van der Waals surface area contributed by atoms with Crippen LogP contribution in [0.15, 0.2) is 12.1 Å². The minimum atomic E-state index is 0.355. The molecule has 0 bridgehead atoms. The van der Waals surface area contributed by atoms with Gasteiger partial charge in [0.1, 0.15) is 4.99 Å². The number of pyridine rings is 1. The Labute approximate surface area is 106 Å². The molecule has 0 spiro atoms. The number of aromatic nitrogens is 1. The fraction of sp³-hybridized carbons (Fsp3) is 0.455. The van der Waals surface area contributed by atoms with Crippen molar-refractivity contribution in [2.45, 2.75) is 6.92 Å². The number of morpholine rings is 1. The van der Waals surface area contributed by atoms with Crippen molar-refractivity contribution in [2.75, 3.05) is 31.7 Å². The molecule has 1 aromatic heterocycles. The van der Waals surface area contributed by atoms with E-state index in [0.717, 1.165) is 43.4 Å². The molecule has 92 valence electrons. The second-order valence-corrected chi connectivity index (χ2v) is 4.36. The fourth-order valence-corrected chi connectivity index (χ4v) is 1.83. The molecule has 5 nitrogen and oxygen atoms in total. The van der Waals surface area contributed by atoms with Gasteiger partial charge >= 0.3 is 0 Å². The number of nitrogens with two attached hydrogens (primary N) is 1. The quantitative estimate of drug-likeness (QED) is 0.772. The van der Waals surface area contributed by atoms with Crippen molar-refractivity contribution < 1.29 is 4.74 Å². The number of hydrogen-bond acceptors (Lipinski definition) is 5. The maximum Gasteiger partial charge on any atom is 0.150 e. The molecule has 1 fully saturated rings. The second-order valence-electron chi connectivity index (χ2n) is 3.92. The highest BCUT2D eigenvalue weighted by atomic mass is 32.1. The number of hydrazine groups is 1. The van der Waals surface area contributed by atoms with Crippen molar-refractivity contribution in [1.29, 1.82) is 0 Å². The lowest BCUT2D eigenvalue weighted by Gasteiger charge is -2.28. The Balaban J connectivity index is 2.17. The highest BCUT2D eigenvalue weighted by Crippen LogP contribution is 2.14. The zero-order valence-electron chi connectivity index (χ0n) is 9.77. The summed E-state index contributed by atoms with van der Waals surface area (Å²) in [5.74, 6) is 0.722. The van der Waals surface area contributed by atoms with E-state index in [4.69, 9.17) is 22.7 Å². The third kappa shape index (κ3) is 3.12. The second kappa shape index (κ2) is 5.39. The summed E-state index contributed by atoms with van der Waals surface area (Å²) in [4.78, 5) is 4.78. The number of rotatable bonds is 3. The maximum atomic E-state index is 5.68. The zero-order valence-corrected chi connectivity index (χ0v) is 10.6. The smallest absolute Gasteiger partial charge is 0.150 e. The molecule has 0 amide bonds. The molecule has 0 atom stereocenters. The third-order valence-electron chi connectivity index (χ3n) is 2.58. The minimum absolute atomic E-state index is 0.355. The van der Waals surface area contributed by atoms with Crippen LogP contribution in [0.4, 0.5) is 5.82 Å². The topological polar surface area (TPSA) is 63.4 Å². The highest BCUT2D eigenvalue weighted by Gasteiger charge is 2.13. The number of anilines is 1. The summed E-state index contributed by atoms with van der Waals surface area (Å²) in [6.45, 7) is 5.04. The Hall–Kier alpha value is -1.24. The molecule has 0 saturated carbocycles. The van der Waals surface area contributed by atoms with Gasteiger partial charge in [-0.2, -0.15) is 0 Å². The third-order valence-corrected chi connectivity index (χ3v) is 2.79. The van der Waals surface area contributed by atoms with Crippen molar-refractivity contribution in [3.63, 3.8) is 0 Å². The molecular weight excluding hydrogens is 236 g/mol. The molecule has 6 heteroatoms. The first-order chi connectivity index (χ1) is 8.16. The molecule has 0 unspecified atom stereocenters. The van der Waals surface area contributed by atoms with Crippen LogP contribution < -0.4 is 11.2 Å². The van der Waals surface area contributed by atoms with Gasteiger partial charge in [0, 0.05) is 18.8 Å². The summed E-state index contributed by atoms with van der Waals surface area (Å²) in [7, 11) is 0. The first kappa shape index (κ1) is 12.2. The predicted molar refractivity (Wildman–Crippen MR) is 70.9 cm³/mol. The van der Waals surface area contributed by atoms with E-state index in [-0.39, 0.29) is 0 Å². The summed E-state index contributed by atoms with van der Waals surface area (Å²) in [5, 5.41) is 2.06. The van der Waals surface area contributed by atoms with Crippen molar-refractivity contribution in [3.05, 3.63) is 23.4 Å². The summed E-state index contributed by atoms with van der Waals surface area (Å²) in [6.07, 6.45) is 0. The van der Waals surface area contributed by atoms with Gasteiger partial charge in [0.2, 0.25) is 0 Å².